The molecule has 18 heavy (non-hydrogen) atoms. The molecule has 0 saturated carbocycles. The normalized spacial score (nSPS) is 26.1. The van der Waals surface area contributed by atoms with Crippen LogP contribution in [-0.2, 0) is 15.1 Å². The van der Waals surface area contributed by atoms with Gasteiger partial charge in [-0.2, -0.15) is 0 Å². The van der Waals surface area contributed by atoms with Crippen LogP contribution < -0.4 is 4.74 Å². The fourth-order valence-electron chi connectivity index (χ4n) is 2.27. The van der Waals surface area contributed by atoms with Gasteiger partial charge in [0.05, 0.1) is 19.6 Å². The molecule has 0 aliphatic carbocycles. The Labute approximate surface area is 107 Å². The van der Waals surface area contributed by atoms with Crippen LogP contribution in [0.4, 0.5) is 0 Å². The lowest BCUT2D eigenvalue weighted by molar-refractivity contribution is -0.153. The Bertz CT molecular complexity index is 443. The van der Waals surface area contributed by atoms with E-state index < -0.39 is 5.60 Å². The van der Waals surface area contributed by atoms with Crippen molar-refractivity contribution in [1.82, 2.24) is 0 Å². The fourth-order valence-corrected chi connectivity index (χ4v) is 2.27. The number of fused-ring (bicyclic) bond motifs is 1. The molecule has 4 heteroatoms. The lowest BCUT2D eigenvalue weighted by Crippen LogP contribution is -2.42. The first-order valence-electron chi connectivity index (χ1n) is 6.18. The third-order valence-corrected chi connectivity index (χ3v) is 3.38. The molecule has 0 radical (unpaired) electrons. The van der Waals surface area contributed by atoms with Crippen LogP contribution in [0.25, 0.3) is 0 Å². The number of rotatable bonds is 3. The number of esters is 1. The van der Waals surface area contributed by atoms with Crippen molar-refractivity contribution in [3.05, 3.63) is 29.8 Å². The molecule has 0 saturated heterocycles. The number of ether oxygens (including phenoxy) is 2. The van der Waals surface area contributed by atoms with Crippen molar-refractivity contribution in [3.8, 4) is 5.75 Å². The van der Waals surface area contributed by atoms with Crippen LogP contribution in [0.5, 0.6) is 5.75 Å². The Kier molecular flexibility index (Phi) is 3.57. The zero-order valence-corrected chi connectivity index (χ0v) is 10.7. The summed E-state index contributed by atoms with van der Waals surface area (Å²) in [6.45, 7) is 4.34. The van der Waals surface area contributed by atoms with Crippen LogP contribution in [0.3, 0.4) is 0 Å². The van der Waals surface area contributed by atoms with Crippen molar-refractivity contribution >= 4 is 5.97 Å². The third kappa shape index (κ3) is 2.20. The van der Waals surface area contributed by atoms with Crippen LogP contribution in [0.1, 0.15) is 25.8 Å². The van der Waals surface area contributed by atoms with Gasteiger partial charge in [-0.3, -0.25) is 4.79 Å². The van der Waals surface area contributed by atoms with Crippen molar-refractivity contribution in [1.29, 1.82) is 0 Å². The summed E-state index contributed by atoms with van der Waals surface area (Å²) >= 11 is 0. The second-order valence-corrected chi connectivity index (χ2v) is 4.61. The summed E-state index contributed by atoms with van der Waals surface area (Å²) in [5.41, 5.74) is -0.544. The zero-order valence-electron chi connectivity index (χ0n) is 10.7. The highest BCUT2D eigenvalue weighted by atomic mass is 16.5. The van der Waals surface area contributed by atoms with Crippen molar-refractivity contribution in [2.45, 2.75) is 25.9 Å². The van der Waals surface area contributed by atoms with Crippen molar-refractivity contribution in [2.75, 3.05) is 13.2 Å². The summed E-state index contributed by atoms with van der Waals surface area (Å²) in [4.78, 5) is 11.6. The van der Waals surface area contributed by atoms with Gasteiger partial charge >= 0.3 is 5.97 Å². The number of aliphatic hydroxyl groups is 1. The van der Waals surface area contributed by atoms with Crippen LogP contribution in [-0.4, -0.2) is 24.3 Å². The maximum absolute atomic E-state index is 11.6. The highest BCUT2D eigenvalue weighted by Crippen LogP contribution is 2.42. The van der Waals surface area contributed by atoms with Gasteiger partial charge in [-0.15, -0.1) is 0 Å². The van der Waals surface area contributed by atoms with E-state index >= 15 is 0 Å². The Balaban J connectivity index is 2.32. The first kappa shape index (κ1) is 12.9. The van der Waals surface area contributed by atoms with E-state index in [-0.39, 0.29) is 18.3 Å². The summed E-state index contributed by atoms with van der Waals surface area (Å²) in [6.07, 6.45) is -0.0393. The molecule has 1 aromatic carbocycles. The van der Waals surface area contributed by atoms with E-state index in [0.717, 1.165) is 0 Å². The predicted molar refractivity (Wildman–Crippen MR) is 66.2 cm³/mol. The molecule has 1 heterocycles. The van der Waals surface area contributed by atoms with Crippen molar-refractivity contribution < 1.29 is 19.4 Å². The largest absolute Gasteiger partial charge is 0.493 e. The topological polar surface area (TPSA) is 55.8 Å². The molecule has 0 amide bonds. The van der Waals surface area contributed by atoms with E-state index in [4.69, 9.17) is 9.47 Å². The summed E-state index contributed by atoms with van der Waals surface area (Å²) in [5, 5.41) is 10.8. The van der Waals surface area contributed by atoms with Crippen LogP contribution in [0, 0.1) is 5.92 Å². The molecule has 2 atom stereocenters. The lowest BCUT2D eigenvalue weighted by atomic mass is 9.78. The van der Waals surface area contributed by atoms with E-state index in [9.17, 15) is 9.90 Å². The number of hydrogen-bond donors (Lipinski definition) is 1. The average Bonchev–Trinajstić information content (AvgIpc) is 2.35. The standard InChI is InChI=1S/C14H18O4/c1-3-17-13(15)8-14(16)10(2)9-18-12-7-5-4-6-11(12)14/h4-7,10,16H,3,8-9H2,1-2H3. The molecule has 0 fully saturated rings. The van der Waals surface area contributed by atoms with Gasteiger partial charge in [-0.05, 0) is 13.0 Å². The Morgan fingerprint density at radius 1 is 1.56 bits per heavy atom. The van der Waals surface area contributed by atoms with E-state index in [2.05, 4.69) is 0 Å². The van der Waals surface area contributed by atoms with Gasteiger partial charge in [0.1, 0.15) is 11.4 Å². The minimum Gasteiger partial charge on any atom is -0.493 e. The lowest BCUT2D eigenvalue weighted by Gasteiger charge is -2.38. The number of carbonyl (C=O) groups excluding carboxylic acids is 1. The molecule has 1 aliphatic heterocycles. The van der Waals surface area contributed by atoms with Gasteiger partial charge in [-0.1, -0.05) is 25.1 Å². The van der Waals surface area contributed by atoms with Gasteiger partial charge in [0.15, 0.2) is 0 Å². The molecule has 1 aliphatic rings. The first-order valence-corrected chi connectivity index (χ1v) is 6.18. The molecule has 1 aromatic rings. The number of para-hydroxylation sites is 1. The molecule has 1 N–H and O–H groups in total. The molecule has 2 unspecified atom stereocenters. The minimum absolute atomic E-state index is 0.0393. The van der Waals surface area contributed by atoms with Crippen molar-refractivity contribution in [3.63, 3.8) is 0 Å². The zero-order chi connectivity index (χ0) is 13.2. The fraction of sp³-hybridized carbons (Fsp3) is 0.500. The van der Waals surface area contributed by atoms with Crippen LogP contribution in [0.2, 0.25) is 0 Å². The van der Waals surface area contributed by atoms with Gasteiger partial charge in [0.25, 0.3) is 0 Å². The maximum atomic E-state index is 11.6. The first-order chi connectivity index (χ1) is 8.58. The van der Waals surface area contributed by atoms with Crippen LogP contribution >= 0.6 is 0 Å². The van der Waals surface area contributed by atoms with Crippen molar-refractivity contribution in [2.24, 2.45) is 5.92 Å². The third-order valence-electron chi connectivity index (χ3n) is 3.38. The Morgan fingerprint density at radius 3 is 3.00 bits per heavy atom. The number of hydrogen-bond acceptors (Lipinski definition) is 4. The van der Waals surface area contributed by atoms with Gasteiger partial charge in [0, 0.05) is 11.5 Å². The summed E-state index contributed by atoms with van der Waals surface area (Å²) in [6, 6.07) is 7.28. The highest BCUT2D eigenvalue weighted by molar-refractivity contribution is 5.71. The monoisotopic (exact) mass is 250 g/mol. The summed E-state index contributed by atoms with van der Waals surface area (Å²) in [7, 11) is 0. The SMILES string of the molecule is CCOC(=O)CC1(O)c2ccccc2OCC1C. The molecular weight excluding hydrogens is 232 g/mol. The Morgan fingerprint density at radius 2 is 2.28 bits per heavy atom. The summed E-state index contributed by atoms with van der Waals surface area (Å²) in [5.74, 6) is 0.0998. The molecule has 2 rings (SSSR count). The Hall–Kier alpha value is -1.55. The number of carbonyl (C=O) groups is 1. The van der Waals surface area contributed by atoms with Gasteiger partial charge in [-0.25, -0.2) is 0 Å². The molecule has 4 nitrogen and oxygen atoms in total. The molecular formula is C14H18O4. The van der Waals surface area contributed by atoms with E-state index in [1.807, 2.05) is 19.1 Å². The average molecular weight is 250 g/mol. The highest BCUT2D eigenvalue weighted by Gasteiger charge is 2.43. The van der Waals surface area contributed by atoms with Gasteiger partial charge in [0.2, 0.25) is 0 Å². The van der Waals surface area contributed by atoms with E-state index in [1.165, 1.54) is 0 Å². The van der Waals surface area contributed by atoms with E-state index in [1.54, 1.807) is 19.1 Å². The number of benzene rings is 1. The second-order valence-electron chi connectivity index (χ2n) is 4.61. The van der Waals surface area contributed by atoms with Crippen LogP contribution in [0.15, 0.2) is 24.3 Å². The second kappa shape index (κ2) is 4.98. The smallest absolute Gasteiger partial charge is 0.309 e. The van der Waals surface area contributed by atoms with Gasteiger partial charge < -0.3 is 14.6 Å². The predicted octanol–water partition coefficient (Wildman–Crippen LogP) is 1.86. The molecule has 0 aromatic heterocycles. The molecule has 0 spiro atoms. The molecule has 98 valence electrons. The minimum atomic E-state index is -1.21. The maximum Gasteiger partial charge on any atom is 0.309 e. The summed E-state index contributed by atoms with van der Waals surface area (Å²) < 4.78 is 10.5. The molecule has 0 bridgehead atoms. The quantitative estimate of drug-likeness (QED) is 0.832. The van der Waals surface area contributed by atoms with E-state index in [0.29, 0.717) is 24.5 Å².